The Morgan fingerprint density at radius 1 is 1.04 bits per heavy atom. The number of carbonyl (C=O) groups excluding carboxylic acids is 2. The van der Waals surface area contributed by atoms with Gasteiger partial charge in [-0.05, 0) is 42.5 Å². The van der Waals surface area contributed by atoms with E-state index in [4.69, 9.17) is 9.15 Å². The smallest absolute Gasteiger partial charge is 0.291 e. The molecule has 0 saturated carbocycles. The zero-order chi connectivity index (χ0) is 20.1. The lowest BCUT2D eigenvalue weighted by Gasteiger charge is -2.12. The summed E-state index contributed by atoms with van der Waals surface area (Å²) in [6.07, 6.45) is 1.39. The van der Waals surface area contributed by atoms with Crippen LogP contribution in [0.3, 0.4) is 0 Å². The second-order valence-corrected chi connectivity index (χ2v) is 5.60. The van der Waals surface area contributed by atoms with Crippen molar-refractivity contribution >= 4 is 28.9 Å². The van der Waals surface area contributed by atoms with E-state index in [1.165, 1.54) is 49.8 Å². The van der Waals surface area contributed by atoms with Crippen molar-refractivity contribution in [2.24, 2.45) is 0 Å². The second-order valence-electron chi connectivity index (χ2n) is 5.60. The van der Waals surface area contributed by atoms with Gasteiger partial charge in [0, 0.05) is 23.4 Å². The van der Waals surface area contributed by atoms with Gasteiger partial charge in [0.15, 0.2) is 5.76 Å². The highest BCUT2D eigenvalue weighted by molar-refractivity contribution is 6.06. The first-order valence-electron chi connectivity index (χ1n) is 8.06. The second kappa shape index (κ2) is 8.04. The van der Waals surface area contributed by atoms with Gasteiger partial charge in [-0.1, -0.05) is 0 Å². The lowest BCUT2D eigenvalue weighted by Crippen LogP contribution is -2.14. The number of methoxy groups -OCH3 is 1. The van der Waals surface area contributed by atoms with Gasteiger partial charge in [-0.2, -0.15) is 0 Å². The molecule has 2 aromatic carbocycles. The van der Waals surface area contributed by atoms with Crippen molar-refractivity contribution in [1.29, 1.82) is 0 Å². The Labute approximate surface area is 159 Å². The van der Waals surface area contributed by atoms with E-state index < -0.39 is 16.7 Å². The van der Waals surface area contributed by atoms with Crippen molar-refractivity contribution in [3.05, 3.63) is 82.3 Å². The molecule has 1 heterocycles. The van der Waals surface area contributed by atoms with Gasteiger partial charge >= 0.3 is 0 Å². The molecule has 0 saturated heterocycles. The van der Waals surface area contributed by atoms with Crippen LogP contribution >= 0.6 is 0 Å². The Bertz CT molecular complexity index is 1010. The Kier molecular flexibility index (Phi) is 5.35. The molecule has 2 N–H and O–H groups in total. The van der Waals surface area contributed by atoms with Crippen molar-refractivity contribution in [2.45, 2.75) is 0 Å². The van der Waals surface area contributed by atoms with Crippen LogP contribution in [0.15, 0.2) is 65.3 Å². The molecule has 9 heteroatoms. The number of rotatable bonds is 6. The summed E-state index contributed by atoms with van der Waals surface area (Å²) < 4.78 is 10.3. The van der Waals surface area contributed by atoms with Crippen LogP contribution in [0.1, 0.15) is 20.9 Å². The molecule has 0 aliphatic carbocycles. The SMILES string of the molecule is COc1ccc(NC(=O)c2ccco2)cc1NC(=O)c1ccc([N+](=O)[O-])cc1. The van der Waals surface area contributed by atoms with Gasteiger partial charge in [0.25, 0.3) is 17.5 Å². The molecule has 9 nitrogen and oxygen atoms in total. The minimum atomic E-state index is -0.546. The predicted molar refractivity (Wildman–Crippen MR) is 101 cm³/mol. The summed E-state index contributed by atoms with van der Waals surface area (Å²) in [5.41, 5.74) is 0.860. The zero-order valence-corrected chi connectivity index (χ0v) is 14.7. The van der Waals surface area contributed by atoms with Crippen LogP contribution in [0.5, 0.6) is 5.75 Å². The molecule has 0 spiro atoms. The maximum atomic E-state index is 12.4. The zero-order valence-electron chi connectivity index (χ0n) is 14.7. The van der Waals surface area contributed by atoms with Gasteiger partial charge in [-0.15, -0.1) is 0 Å². The number of nitro benzene ring substituents is 1. The molecule has 28 heavy (non-hydrogen) atoms. The van der Waals surface area contributed by atoms with E-state index in [1.54, 1.807) is 18.2 Å². The first kappa shape index (κ1) is 18.6. The van der Waals surface area contributed by atoms with Crippen LogP contribution in [0.4, 0.5) is 17.1 Å². The van der Waals surface area contributed by atoms with Gasteiger partial charge < -0.3 is 19.8 Å². The van der Waals surface area contributed by atoms with E-state index in [0.29, 0.717) is 17.1 Å². The summed E-state index contributed by atoms with van der Waals surface area (Å²) in [7, 11) is 1.44. The molecule has 0 radical (unpaired) electrons. The standard InChI is InChI=1S/C19H15N3O6/c1-27-16-9-6-13(20-19(24)17-3-2-10-28-17)11-15(16)21-18(23)12-4-7-14(8-5-12)22(25)26/h2-11H,1H3,(H,20,24)(H,21,23). The first-order chi connectivity index (χ1) is 13.5. The van der Waals surface area contributed by atoms with Gasteiger partial charge in [0.05, 0.1) is 24.0 Å². The number of hydrogen-bond acceptors (Lipinski definition) is 6. The average molecular weight is 381 g/mol. The average Bonchev–Trinajstić information content (AvgIpc) is 3.23. The van der Waals surface area contributed by atoms with Gasteiger partial charge in [0.2, 0.25) is 0 Å². The van der Waals surface area contributed by atoms with Gasteiger partial charge in [0.1, 0.15) is 5.75 Å². The number of ether oxygens (including phenoxy) is 1. The third kappa shape index (κ3) is 4.15. The monoisotopic (exact) mass is 381 g/mol. The van der Waals surface area contributed by atoms with E-state index in [0.717, 1.165) is 0 Å². The van der Waals surface area contributed by atoms with E-state index in [1.807, 2.05) is 0 Å². The van der Waals surface area contributed by atoms with Crippen molar-refractivity contribution < 1.29 is 23.7 Å². The fourth-order valence-electron chi connectivity index (χ4n) is 2.41. The highest BCUT2D eigenvalue weighted by Crippen LogP contribution is 2.29. The molecule has 0 aliphatic heterocycles. The summed E-state index contributed by atoms with van der Waals surface area (Å²) in [5, 5.41) is 16.0. The van der Waals surface area contributed by atoms with Gasteiger partial charge in [-0.3, -0.25) is 19.7 Å². The molecule has 0 bridgehead atoms. The van der Waals surface area contributed by atoms with Crippen molar-refractivity contribution in [2.75, 3.05) is 17.7 Å². The molecule has 0 aliphatic rings. The molecule has 142 valence electrons. The van der Waals surface area contributed by atoms with Gasteiger partial charge in [-0.25, -0.2) is 0 Å². The number of nitro groups is 1. The number of non-ortho nitro benzene ring substituents is 1. The highest BCUT2D eigenvalue weighted by Gasteiger charge is 2.14. The van der Waals surface area contributed by atoms with Crippen molar-refractivity contribution in [1.82, 2.24) is 0 Å². The maximum Gasteiger partial charge on any atom is 0.291 e. The number of anilines is 2. The van der Waals surface area contributed by atoms with Crippen LogP contribution in [-0.4, -0.2) is 23.8 Å². The fraction of sp³-hybridized carbons (Fsp3) is 0.0526. The topological polar surface area (TPSA) is 124 Å². The third-order valence-corrected chi connectivity index (χ3v) is 3.79. The summed E-state index contributed by atoms with van der Waals surface area (Å²) in [6, 6.07) is 13.0. The first-order valence-corrected chi connectivity index (χ1v) is 8.06. The summed E-state index contributed by atoms with van der Waals surface area (Å²) >= 11 is 0. The Hall–Kier alpha value is -4.14. The minimum Gasteiger partial charge on any atom is -0.495 e. The van der Waals surface area contributed by atoms with Crippen LogP contribution in [-0.2, 0) is 0 Å². The third-order valence-electron chi connectivity index (χ3n) is 3.79. The summed E-state index contributed by atoms with van der Waals surface area (Å²) in [6.45, 7) is 0. The summed E-state index contributed by atoms with van der Waals surface area (Å²) in [4.78, 5) is 34.7. The van der Waals surface area contributed by atoms with E-state index in [-0.39, 0.29) is 17.0 Å². The summed E-state index contributed by atoms with van der Waals surface area (Å²) in [5.74, 6) is -0.399. The molecule has 0 atom stereocenters. The molecule has 3 rings (SSSR count). The molecule has 0 unspecified atom stereocenters. The molecular formula is C19H15N3O6. The highest BCUT2D eigenvalue weighted by atomic mass is 16.6. The Morgan fingerprint density at radius 2 is 1.79 bits per heavy atom. The van der Waals surface area contributed by atoms with Crippen LogP contribution < -0.4 is 15.4 Å². The number of carbonyl (C=O) groups is 2. The molecule has 3 aromatic rings. The molecule has 0 fully saturated rings. The van der Waals surface area contributed by atoms with Crippen LogP contribution in [0, 0.1) is 10.1 Å². The van der Waals surface area contributed by atoms with E-state index >= 15 is 0 Å². The quantitative estimate of drug-likeness (QED) is 0.496. The van der Waals surface area contributed by atoms with Crippen molar-refractivity contribution in [3.8, 4) is 5.75 Å². The molecule has 2 amide bonds. The Morgan fingerprint density at radius 3 is 2.39 bits per heavy atom. The number of hydrogen-bond donors (Lipinski definition) is 2. The lowest BCUT2D eigenvalue weighted by molar-refractivity contribution is -0.384. The van der Waals surface area contributed by atoms with E-state index in [9.17, 15) is 19.7 Å². The van der Waals surface area contributed by atoms with Crippen molar-refractivity contribution in [3.63, 3.8) is 0 Å². The lowest BCUT2D eigenvalue weighted by atomic mass is 10.2. The Balaban J connectivity index is 1.78. The van der Waals surface area contributed by atoms with Crippen LogP contribution in [0.2, 0.25) is 0 Å². The van der Waals surface area contributed by atoms with Crippen LogP contribution in [0.25, 0.3) is 0 Å². The minimum absolute atomic E-state index is 0.114. The molecule has 1 aromatic heterocycles. The number of benzene rings is 2. The number of nitrogens with one attached hydrogen (secondary N) is 2. The van der Waals surface area contributed by atoms with E-state index in [2.05, 4.69) is 10.6 Å². The number of nitrogens with zero attached hydrogens (tertiary/aromatic N) is 1. The maximum absolute atomic E-state index is 12.4. The number of furan rings is 1. The number of amides is 2. The largest absolute Gasteiger partial charge is 0.495 e. The predicted octanol–water partition coefficient (Wildman–Crippen LogP) is 3.70. The fourth-order valence-corrected chi connectivity index (χ4v) is 2.41. The normalized spacial score (nSPS) is 10.2. The molecular weight excluding hydrogens is 366 g/mol.